The highest BCUT2D eigenvalue weighted by Crippen LogP contribution is 2.10. The molecule has 0 saturated carbocycles. The lowest BCUT2D eigenvalue weighted by molar-refractivity contribution is 0.0479. The number of H-pyrrole nitrogens is 1. The molecule has 2 aromatic heterocycles. The Morgan fingerprint density at radius 1 is 1.43 bits per heavy atom. The number of nitrogens with two attached hydrogens (primary N) is 1. The van der Waals surface area contributed by atoms with E-state index in [1.165, 1.54) is 18.4 Å². The number of Topliss-reactive ketones (excluding diaryl/α,β-unsaturated/α-hetero) is 1. The first-order valence-electron chi connectivity index (χ1n) is 5.74. The van der Waals surface area contributed by atoms with Crippen molar-refractivity contribution >= 4 is 28.9 Å². The third kappa shape index (κ3) is 2.92. The molecule has 0 spiro atoms. The van der Waals surface area contributed by atoms with Crippen LogP contribution in [0.15, 0.2) is 27.1 Å². The molecular formula is C12H11N3O5S. The molecule has 0 amide bonds. The van der Waals surface area contributed by atoms with Crippen LogP contribution in [0.1, 0.15) is 20.0 Å². The van der Waals surface area contributed by atoms with Gasteiger partial charge in [-0.05, 0) is 11.4 Å². The highest BCUT2D eigenvalue weighted by molar-refractivity contribution is 7.11. The first kappa shape index (κ1) is 14.7. The van der Waals surface area contributed by atoms with Crippen LogP contribution in [-0.2, 0) is 11.8 Å². The van der Waals surface area contributed by atoms with Crippen molar-refractivity contribution in [2.45, 2.75) is 0 Å². The Morgan fingerprint density at radius 3 is 2.76 bits per heavy atom. The van der Waals surface area contributed by atoms with Crippen molar-refractivity contribution in [3.05, 3.63) is 48.8 Å². The second-order valence-corrected chi connectivity index (χ2v) is 5.00. The Kier molecular flexibility index (Phi) is 4.03. The van der Waals surface area contributed by atoms with Gasteiger partial charge in [-0.15, -0.1) is 11.3 Å². The van der Waals surface area contributed by atoms with E-state index >= 15 is 0 Å². The lowest BCUT2D eigenvalue weighted by Gasteiger charge is -2.07. The molecule has 0 bridgehead atoms. The predicted octanol–water partition coefficient (Wildman–Crippen LogP) is -0.243. The fourth-order valence-corrected chi connectivity index (χ4v) is 2.19. The number of carbonyl (C=O) groups excluding carboxylic acids is 2. The molecule has 0 atom stereocenters. The summed E-state index contributed by atoms with van der Waals surface area (Å²) in [6, 6.07) is 3.21. The van der Waals surface area contributed by atoms with Crippen LogP contribution in [0.4, 0.5) is 5.82 Å². The van der Waals surface area contributed by atoms with Gasteiger partial charge < -0.3 is 10.5 Å². The van der Waals surface area contributed by atoms with Gasteiger partial charge in [0.1, 0.15) is 16.3 Å². The molecule has 8 nitrogen and oxygen atoms in total. The largest absolute Gasteiger partial charge is 0.453 e. The Labute approximate surface area is 121 Å². The van der Waals surface area contributed by atoms with E-state index < -0.39 is 35.2 Å². The number of carbonyl (C=O) groups is 2. The molecule has 0 radical (unpaired) electrons. The molecule has 2 rings (SSSR count). The Balaban J connectivity index is 2.19. The second kappa shape index (κ2) is 5.75. The van der Waals surface area contributed by atoms with Crippen molar-refractivity contribution in [3.63, 3.8) is 0 Å². The van der Waals surface area contributed by atoms with E-state index in [0.29, 0.717) is 4.88 Å². The number of hydrogen-bond acceptors (Lipinski definition) is 7. The average Bonchev–Trinajstić information content (AvgIpc) is 2.96. The molecule has 0 unspecified atom stereocenters. The number of anilines is 1. The molecule has 0 aromatic carbocycles. The SMILES string of the molecule is Cn1c(N)c(C(=O)COC(=O)c2cccs2)c(=O)[nH]c1=O. The summed E-state index contributed by atoms with van der Waals surface area (Å²) >= 11 is 1.17. The molecule has 9 heteroatoms. The van der Waals surface area contributed by atoms with Gasteiger partial charge in [0, 0.05) is 7.05 Å². The van der Waals surface area contributed by atoms with E-state index in [1.54, 1.807) is 17.5 Å². The Bertz CT molecular complexity index is 803. The highest BCUT2D eigenvalue weighted by atomic mass is 32.1. The maximum atomic E-state index is 11.9. The lowest BCUT2D eigenvalue weighted by Crippen LogP contribution is -2.35. The van der Waals surface area contributed by atoms with Gasteiger partial charge in [0.25, 0.3) is 5.56 Å². The van der Waals surface area contributed by atoms with E-state index in [2.05, 4.69) is 0 Å². The molecule has 0 fully saturated rings. The topological polar surface area (TPSA) is 124 Å². The minimum Gasteiger partial charge on any atom is -0.453 e. The minimum absolute atomic E-state index is 0.277. The van der Waals surface area contributed by atoms with Crippen molar-refractivity contribution in [2.24, 2.45) is 7.05 Å². The van der Waals surface area contributed by atoms with Crippen LogP contribution in [0.3, 0.4) is 0 Å². The molecule has 3 N–H and O–H groups in total. The summed E-state index contributed by atoms with van der Waals surface area (Å²) < 4.78 is 5.74. The molecule has 2 aromatic rings. The van der Waals surface area contributed by atoms with Crippen LogP contribution in [-0.4, -0.2) is 27.9 Å². The van der Waals surface area contributed by atoms with Gasteiger partial charge in [0.2, 0.25) is 5.78 Å². The normalized spacial score (nSPS) is 10.3. The molecule has 2 heterocycles. The summed E-state index contributed by atoms with van der Waals surface area (Å²) in [7, 11) is 1.31. The number of nitrogen functional groups attached to an aromatic ring is 1. The summed E-state index contributed by atoms with van der Waals surface area (Å²) in [6.07, 6.45) is 0. The van der Waals surface area contributed by atoms with Crippen LogP contribution in [0, 0.1) is 0 Å². The third-order valence-electron chi connectivity index (χ3n) is 2.71. The zero-order valence-corrected chi connectivity index (χ0v) is 11.7. The maximum absolute atomic E-state index is 11.9. The minimum atomic E-state index is -0.909. The number of aromatic nitrogens is 2. The third-order valence-corrected chi connectivity index (χ3v) is 3.56. The second-order valence-electron chi connectivity index (χ2n) is 4.06. The number of hydrogen-bond donors (Lipinski definition) is 2. The average molecular weight is 309 g/mol. The fourth-order valence-electron chi connectivity index (χ4n) is 1.58. The summed E-state index contributed by atoms with van der Waals surface area (Å²) in [5, 5.41) is 1.69. The van der Waals surface area contributed by atoms with E-state index in [0.717, 1.165) is 4.57 Å². The summed E-state index contributed by atoms with van der Waals surface area (Å²) in [6.45, 7) is -0.637. The molecule has 0 aliphatic carbocycles. The first-order valence-corrected chi connectivity index (χ1v) is 6.62. The summed E-state index contributed by atoms with van der Waals surface area (Å²) in [5.41, 5.74) is 3.52. The number of aromatic amines is 1. The number of ether oxygens (including phenoxy) is 1. The number of nitrogens with zero attached hydrogens (tertiary/aromatic N) is 1. The maximum Gasteiger partial charge on any atom is 0.348 e. The molecular weight excluding hydrogens is 298 g/mol. The van der Waals surface area contributed by atoms with E-state index in [1.807, 2.05) is 4.98 Å². The van der Waals surface area contributed by atoms with Crippen LogP contribution in [0.5, 0.6) is 0 Å². The van der Waals surface area contributed by atoms with Gasteiger partial charge in [-0.3, -0.25) is 19.1 Å². The number of nitrogens with one attached hydrogen (secondary N) is 1. The van der Waals surface area contributed by atoms with Gasteiger partial charge in [0.05, 0.1) is 0 Å². The van der Waals surface area contributed by atoms with Crippen LogP contribution in [0.25, 0.3) is 0 Å². The quantitative estimate of drug-likeness (QED) is 0.593. The number of esters is 1. The van der Waals surface area contributed by atoms with Crippen LogP contribution < -0.4 is 17.0 Å². The summed E-state index contributed by atoms with van der Waals surface area (Å²) in [4.78, 5) is 48.7. The van der Waals surface area contributed by atoms with Crippen molar-refractivity contribution in [2.75, 3.05) is 12.3 Å². The molecule has 110 valence electrons. The monoisotopic (exact) mass is 309 g/mol. The fraction of sp³-hybridized carbons (Fsp3) is 0.167. The number of ketones is 1. The Morgan fingerprint density at radius 2 is 2.14 bits per heavy atom. The molecule has 0 aliphatic heterocycles. The van der Waals surface area contributed by atoms with Crippen molar-refractivity contribution in [1.82, 2.24) is 9.55 Å². The van der Waals surface area contributed by atoms with E-state index in [-0.39, 0.29) is 5.82 Å². The van der Waals surface area contributed by atoms with Crippen molar-refractivity contribution in [3.8, 4) is 0 Å². The zero-order valence-electron chi connectivity index (χ0n) is 10.9. The zero-order chi connectivity index (χ0) is 15.6. The standard InChI is InChI=1S/C12H11N3O5S/c1-15-9(13)8(10(17)14-12(15)19)6(16)5-20-11(18)7-3-2-4-21-7/h2-4H,5,13H2,1H3,(H,14,17,19). The highest BCUT2D eigenvalue weighted by Gasteiger charge is 2.20. The van der Waals surface area contributed by atoms with Crippen molar-refractivity contribution in [1.29, 1.82) is 0 Å². The lowest BCUT2D eigenvalue weighted by atomic mass is 10.2. The van der Waals surface area contributed by atoms with E-state index in [4.69, 9.17) is 10.5 Å². The predicted molar refractivity (Wildman–Crippen MR) is 75.6 cm³/mol. The molecule has 0 saturated heterocycles. The van der Waals surface area contributed by atoms with Crippen LogP contribution >= 0.6 is 11.3 Å². The van der Waals surface area contributed by atoms with Gasteiger partial charge in [-0.25, -0.2) is 9.59 Å². The smallest absolute Gasteiger partial charge is 0.348 e. The number of rotatable bonds is 4. The Hall–Kier alpha value is -2.68. The van der Waals surface area contributed by atoms with Gasteiger partial charge in [0.15, 0.2) is 6.61 Å². The van der Waals surface area contributed by atoms with E-state index in [9.17, 15) is 19.2 Å². The summed E-state index contributed by atoms with van der Waals surface area (Å²) in [5.74, 6) is -1.73. The number of thiophene rings is 1. The first-order chi connectivity index (χ1) is 9.91. The van der Waals surface area contributed by atoms with Gasteiger partial charge in [-0.2, -0.15) is 0 Å². The molecule has 0 aliphatic rings. The molecule has 21 heavy (non-hydrogen) atoms. The van der Waals surface area contributed by atoms with Crippen molar-refractivity contribution < 1.29 is 14.3 Å². The van der Waals surface area contributed by atoms with Gasteiger partial charge >= 0.3 is 11.7 Å². The van der Waals surface area contributed by atoms with Gasteiger partial charge in [-0.1, -0.05) is 6.07 Å². The van der Waals surface area contributed by atoms with Crippen LogP contribution in [0.2, 0.25) is 0 Å².